The van der Waals surface area contributed by atoms with Crippen molar-refractivity contribution in [2.75, 3.05) is 6.54 Å². The Labute approximate surface area is 135 Å². The minimum atomic E-state index is -0.789. The number of carboxylic acid groups (broad SMARTS) is 1. The minimum Gasteiger partial charge on any atom is -0.481 e. The van der Waals surface area contributed by atoms with Gasteiger partial charge in [-0.15, -0.1) is 11.6 Å². The van der Waals surface area contributed by atoms with E-state index in [0.717, 1.165) is 37.7 Å². The van der Waals surface area contributed by atoms with Gasteiger partial charge in [0.05, 0.1) is 6.42 Å². The molecule has 5 heteroatoms. The van der Waals surface area contributed by atoms with Gasteiger partial charge in [0.25, 0.3) is 5.91 Å². The number of amides is 1. The predicted molar refractivity (Wildman–Crippen MR) is 86.1 cm³/mol. The maximum atomic E-state index is 12.2. The Morgan fingerprint density at radius 1 is 1.14 bits per heavy atom. The Balaban J connectivity index is 1.98. The smallest absolute Gasteiger partial charge is 0.303 e. The largest absolute Gasteiger partial charge is 0.481 e. The molecule has 22 heavy (non-hydrogen) atoms. The third kappa shape index (κ3) is 4.47. The average Bonchev–Trinajstić information content (AvgIpc) is 2.53. The monoisotopic (exact) mass is 323 g/mol. The van der Waals surface area contributed by atoms with Gasteiger partial charge in [0.2, 0.25) is 0 Å². The molecule has 120 valence electrons. The van der Waals surface area contributed by atoms with Gasteiger partial charge in [0.15, 0.2) is 0 Å². The lowest BCUT2D eigenvalue weighted by molar-refractivity contribution is -0.140. The molecular weight excluding hydrogens is 302 g/mol. The van der Waals surface area contributed by atoms with Gasteiger partial charge >= 0.3 is 5.97 Å². The van der Waals surface area contributed by atoms with Gasteiger partial charge in [0.1, 0.15) is 0 Å². The van der Waals surface area contributed by atoms with Gasteiger partial charge in [-0.3, -0.25) is 9.59 Å². The third-order valence-electron chi connectivity index (χ3n) is 4.43. The van der Waals surface area contributed by atoms with Crippen LogP contribution in [0.1, 0.15) is 54.4 Å². The first kappa shape index (κ1) is 16.8. The molecule has 0 atom stereocenters. The lowest BCUT2D eigenvalue weighted by Crippen LogP contribution is -2.40. The van der Waals surface area contributed by atoms with E-state index in [4.69, 9.17) is 16.7 Å². The maximum Gasteiger partial charge on any atom is 0.303 e. The van der Waals surface area contributed by atoms with Crippen molar-refractivity contribution in [3.8, 4) is 0 Å². The number of rotatable bonds is 6. The summed E-state index contributed by atoms with van der Waals surface area (Å²) >= 11 is 5.73. The molecule has 1 saturated carbocycles. The van der Waals surface area contributed by atoms with Crippen molar-refractivity contribution in [2.45, 2.75) is 44.4 Å². The molecule has 1 aliphatic carbocycles. The van der Waals surface area contributed by atoms with Crippen LogP contribution in [0.2, 0.25) is 0 Å². The maximum absolute atomic E-state index is 12.2. The molecule has 0 radical (unpaired) electrons. The van der Waals surface area contributed by atoms with Crippen molar-refractivity contribution in [1.82, 2.24) is 5.32 Å². The highest BCUT2D eigenvalue weighted by Gasteiger charge is 2.34. The molecule has 1 aromatic rings. The molecule has 1 fully saturated rings. The summed E-state index contributed by atoms with van der Waals surface area (Å²) in [6.07, 6.45) is 5.07. The summed E-state index contributed by atoms with van der Waals surface area (Å²) in [4.78, 5) is 23.4. The van der Waals surface area contributed by atoms with Gasteiger partial charge in [-0.1, -0.05) is 31.4 Å². The van der Waals surface area contributed by atoms with E-state index in [-0.39, 0.29) is 17.7 Å². The van der Waals surface area contributed by atoms with E-state index in [0.29, 0.717) is 18.0 Å². The highest BCUT2D eigenvalue weighted by molar-refractivity contribution is 6.17. The van der Waals surface area contributed by atoms with Crippen LogP contribution in [-0.2, 0) is 10.7 Å². The van der Waals surface area contributed by atoms with Crippen LogP contribution in [0.15, 0.2) is 24.3 Å². The zero-order chi connectivity index (χ0) is 16.0. The topological polar surface area (TPSA) is 66.4 Å². The number of nitrogens with one attached hydrogen (secondary N) is 1. The van der Waals surface area contributed by atoms with Crippen LogP contribution in [-0.4, -0.2) is 23.5 Å². The normalized spacial score (nSPS) is 17.0. The molecule has 0 bridgehead atoms. The van der Waals surface area contributed by atoms with Crippen LogP contribution >= 0.6 is 11.6 Å². The molecule has 0 unspecified atom stereocenters. The second kappa shape index (κ2) is 7.63. The van der Waals surface area contributed by atoms with Gasteiger partial charge in [0, 0.05) is 18.0 Å². The Bertz CT molecular complexity index is 521. The van der Waals surface area contributed by atoms with Crippen molar-refractivity contribution in [1.29, 1.82) is 0 Å². The minimum absolute atomic E-state index is 0.123. The summed E-state index contributed by atoms with van der Waals surface area (Å²) < 4.78 is 0. The molecular formula is C17H22ClNO3. The van der Waals surface area contributed by atoms with E-state index in [1.807, 2.05) is 12.1 Å². The molecule has 2 rings (SSSR count). The molecule has 2 N–H and O–H groups in total. The fourth-order valence-electron chi connectivity index (χ4n) is 3.15. The summed E-state index contributed by atoms with van der Waals surface area (Å²) in [5.74, 6) is -0.525. The molecule has 0 heterocycles. The van der Waals surface area contributed by atoms with Crippen LogP contribution in [0.3, 0.4) is 0 Å². The molecule has 4 nitrogen and oxygen atoms in total. The standard InChI is InChI=1S/C17H22ClNO3/c18-11-13-4-6-14(7-5-13)16(22)19-12-17(10-15(20)21)8-2-1-3-9-17/h4-7H,1-3,8-12H2,(H,19,22)(H,20,21). The van der Waals surface area contributed by atoms with Crippen molar-refractivity contribution in [3.63, 3.8) is 0 Å². The average molecular weight is 324 g/mol. The quantitative estimate of drug-likeness (QED) is 0.786. The first-order chi connectivity index (χ1) is 10.5. The van der Waals surface area contributed by atoms with Crippen LogP contribution in [0.5, 0.6) is 0 Å². The number of carboxylic acids is 1. The lowest BCUT2D eigenvalue weighted by atomic mass is 9.71. The predicted octanol–water partition coefficient (Wildman–Crippen LogP) is 3.58. The Kier molecular flexibility index (Phi) is 5.83. The highest BCUT2D eigenvalue weighted by atomic mass is 35.5. The van der Waals surface area contributed by atoms with Crippen molar-refractivity contribution >= 4 is 23.5 Å². The number of hydrogen-bond acceptors (Lipinski definition) is 2. The zero-order valence-corrected chi connectivity index (χ0v) is 13.4. The molecule has 0 aliphatic heterocycles. The van der Waals surface area contributed by atoms with E-state index < -0.39 is 5.97 Å². The molecule has 1 aliphatic rings. The van der Waals surface area contributed by atoms with E-state index in [1.165, 1.54) is 0 Å². The van der Waals surface area contributed by atoms with Crippen molar-refractivity contribution in [2.24, 2.45) is 5.41 Å². The SMILES string of the molecule is O=C(O)CC1(CNC(=O)c2ccc(CCl)cc2)CCCCC1. The van der Waals surface area contributed by atoms with E-state index >= 15 is 0 Å². The summed E-state index contributed by atoms with van der Waals surface area (Å²) in [5.41, 5.74) is 1.25. The molecule has 0 spiro atoms. The van der Waals surface area contributed by atoms with E-state index in [1.54, 1.807) is 12.1 Å². The molecule has 0 aromatic heterocycles. The fraction of sp³-hybridized carbons (Fsp3) is 0.529. The fourth-order valence-corrected chi connectivity index (χ4v) is 3.33. The first-order valence-electron chi connectivity index (χ1n) is 7.70. The lowest BCUT2D eigenvalue weighted by Gasteiger charge is -2.36. The number of halogens is 1. The highest BCUT2D eigenvalue weighted by Crippen LogP contribution is 2.38. The number of hydrogen-bond donors (Lipinski definition) is 2. The van der Waals surface area contributed by atoms with Crippen molar-refractivity contribution in [3.05, 3.63) is 35.4 Å². The van der Waals surface area contributed by atoms with Crippen molar-refractivity contribution < 1.29 is 14.7 Å². The Morgan fingerprint density at radius 3 is 2.32 bits per heavy atom. The van der Waals surface area contributed by atoms with Crippen LogP contribution in [0.25, 0.3) is 0 Å². The molecule has 0 saturated heterocycles. The third-order valence-corrected chi connectivity index (χ3v) is 4.74. The number of benzene rings is 1. The van der Waals surface area contributed by atoms with Crippen LogP contribution in [0, 0.1) is 5.41 Å². The van der Waals surface area contributed by atoms with Crippen LogP contribution < -0.4 is 5.32 Å². The molecule has 1 amide bonds. The summed E-state index contributed by atoms with van der Waals surface area (Å²) in [6.45, 7) is 0.426. The van der Waals surface area contributed by atoms with Gasteiger partial charge < -0.3 is 10.4 Å². The number of alkyl halides is 1. The first-order valence-corrected chi connectivity index (χ1v) is 8.23. The number of carbonyl (C=O) groups is 2. The summed E-state index contributed by atoms with van der Waals surface area (Å²) in [5, 5.41) is 12.1. The summed E-state index contributed by atoms with van der Waals surface area (Å²) in [7, 11) is 0. The zero-order valence-electron chi connectivity index (χ0n) is 12.6. The van der Waals surface area contributed by atoms with Gasteiger partial charge in [-0.2, -0.15) is 0 Å². The van der Waals surface area contributed by atoms with Gasteiger partial charge in [-0.05, 0) is 36.0 Å². The summed E-state index contributed by atoms with van der Waals surface area (Å²) in [6, 6.07) is 7.15. The number of aliphatic carboxylic acids is 1. The second-order valence-electron chi connectivity index (χ2n) is 6.14. The van der Waals surface area contributed by atoms with Gasteiger partial charge in [-0.25, -0.2) is 0 Å². The molecule has 1 aromatic carbocycles. The Morgan fingerprint density at radius 2 is 1.77 bits per heavy atom. The van der Waals surface area contributed by atoms with E-state index in [9.17, 15) is 9.59 Å². The Hall–Kier alpha value is -1.55. The second-order valence-corrected chi connectivity index (χ2v) is 6.41. The van der Waals surface area contributed by atoms with Crippen LogP contribution in [0.4, 0.5) is 0 Å². The number of carbonyl (C=O) groups excluding carboxylic acids is 1. The van der Waals surface area contributed by atoms with E-state index in [2.05, 4.69) is 5.32 Å².